The number of hydrogen-bond donors (Lipinski definition) is 2. The van der Waals surface area contributed by atoms with Gasteiger partial charge in [0.25, 0.3) is 5.91 Å². The number of carbonyl (C=O) groups excluding carboxylic acids is 3. The number of aryl methyl sites for hydroxylation is 2. The molecule has 1 aromatic carbocycles. The monoisotopic (exact) mass is 292 g/mol. The van der Waals surface area contributed by atoms with Crippen molar-refractivity contribution >= 4 is 17.9 Å². The molecular weight excluding hydrogens is 272 g/mol. The molecular formula is C15H20N2O4. The summed E-state index contributed by atoms with van der Waals surface area (Å²) in [4.78, 5) is 34.5. The fraction of sp³-hybridized carbons (Fsp3) is 0.400. The standard InChI is InChI=1S/C15H20N2O4/c1-9(2)16-15(20)17-13(18)8-21-14(19)12-6-5-10(3)11(4)7-12/h5-7,9H,8H2,1-4H3,(H2,16,17,18,20). The van der Waals surface area contributed by atoms with Gasteiger partial charge >= 0.3 is 12.0 Å². The number of imide groups is 1. The highest BCUT2D eigenvalue weighted by atomic mass is 16.5. The van der Waals surface area contributed by atoms with Crippen LogP contribution in [0.15, 0.2) is 18.2 Å². The molecule has 0 saturated heterocycles. The molecule has 0 atom stereocenters. The molecule has 0 aliphatic rings. The molecule has 0 radical (unpaired) electrons. The second-order valence-electron chi connectivity index (χ2n) is 5.05. The Hall–Kier alpha value is -2.37. The van der Waals surface area contributed by atoms with Crippen molar-refractivity contribution in [1.82, 2.24) is 10.6 Å². The number of rotatable bonds is 4. The minimum absolute atomic E-state index is 0.0871. The molecule has 1 aromatic rings. The van der Waals surface area contributed by atoms with Gasteiger partial charge in [-0.1, -0.05) is 6.07 Å². The van der Waals surface area contributed by atoms with Crippen molar-refractivity contribution in [3.63, 3.8) is 0 Å². The van der Waals surface area contributed by atoms with Gasteiger partial charge in [-0.3, -0.25) is 10.1 Å². The summed E-state index contributed by atoms with van der Waals surface area (Å²) in [6, 6.07) is 4.44. The third-order valence-electron chi connectivity index (χ3n) is 2.75. The van der Waals surface area contributed by atoms with Crippen molar-refractivity contribution in [2.24, 2.45) is 0 Å². The Morgan fingerprint density at radius 1 is 1.14 bits per heavy atom. The molecule has 21 heavy (non-hydrogen) atoms. The largest absolute Gasteiger partial charge is 0.452 e. The molecule has 0 fully saturated rings. The van der Waals surface area contributed by atoms with Crippen LogP contribution in [0.5, 0.6) is 0 Å². The van der Waals surface area contributed by atoms with E-state index in [9.17, 15) is 14.4 Å². The topological polar surface area (TPSA) is 84.5 Å². The zero-order chi connectivity index (χ0) is 16.0. The molecule has 114 valence electrons. The summed E-state index contributed by atoms with van der Waals surface area (Å²) in [5.74, 6) is -1.28. The lowest BCUT2D eigenvalue weighted by atomic mass is 10.1. The third kappa shape index (κ3) is 5.64. The fourth-order valence-corrected chi connectivity index (χ4v) is 1.54. The van der Waals surface area contributed by atoms with Crippen molar-refractivity contribution in [1.29, 1.82) is 0 Å². The Balaban J connectivity index is 2.47. The number of urea groups is 1. The van der Waals surface area contributed by atoms with Crippen LogP contribution >= 0.6 is 0 Å². The maximum Gasteiger partial charge on any atom is 0.338 e. The average molecular weight is 292 g/mol. The van der Waals surface area contributed by atoms with Crippen LogP contribution in [0.2, 0.25) is 0 Å². The van der Waals surface area contributed by atoms with Crippen LogP contribution in [0.4, 0.5) is 4.79 Å². The lowest BCUT2D eigenvalue weighted by molar-refractivity contribution is -0.123. The summed E-state index contributed by atoms with van der Waals surface area (Å²) in [6.07, 6.45) is 0. The molecule has 3 amide bonds. The van der Waals surface area contributed by atoms with Crippen LogP contribution in [0, 0.1) is 13.8 Å². The van der Waals surface area contributed by atoms with Crippen molar-refractivity contribution in [3.8, 4) is 0 Å². The third-order valence-corrected chi connectivity index (χ3v) is 2.75. The second-order valence-corrected chi connectivity index (χ2v) is 5.05. The Bertz CT molecular complexity index is 553. The van der Waals surface area contributed by atoms with Crippen LogP contribution in [0.1, 0.15) is 35.3 Å². The first-order chi connectivity index (χ1) is 9.79. The van der Waals surface area contributed by atoms with Crippen LogP contribution in [-0.4, -0.2) is 30.6 Å². The summed E-state index contributed by atoms with van der Waals surface area (Å²) in [6.45, 7) is 6.85. The maximum absolute atomic E-state index is 11.8. The molecule has 6 nitrogen and oxygen atoms in total. The van der Waals surface area contributed by atoms with E-state index < -0.39 is 24.5 Å². The molecule has 0 unspecified atom stereocenters. The van der Waals surface area contributed by atoms with Crippen LogP contribution in [0.3, 0.4) is 0 Å². The average Bonchev–Trinajstić information content (AvgIpc) is 2.38. The van der Waals surface area contributed by atoms with Gasteiger partial charge < -0.3 is 10.1 Å². The number of hydrogen-bond acceptors (Lipinski definition) is 4. The van der Waals surface area contributed by atoms with E-state index in [1.807, 2.05) is 19.9 Å². The van der Waals surface area contributed by atoms with Crippen LogP contribution in [0.25, 0.3) is 0 Å². The van der Waals surface area contributed by atoms with Gasteiger partial charge in [0.15, 0.2) is 6.61 Å². The van der Waals surface area contributed by atoms with E-state index in [0.29, 0.717) is 5.56 Å². The number of benzene rings is 1. The molecule has 0 saturated carbocycles. The maximum atomic E-state index is 11.8. The molecule has 1 rings (SSSR count). The number of ether oxygens (including phenoxy) is 1. The SMILES string of the molecule is Cc1ccc(C(=O)OCC(=O)NC(=O)NC(C)C)cc1C. The number of carbonyl (C=O) groups is 3. The Morgan fingerprint density at radius 3 is 2.38 bits per heavy atom. The normalized spacial score (nSPS) is 10.1. The van der Waals surface area contributed by atoms with Gasteiger partial charge in [0.1, 0.15) is 0 Å². The zero-order valence-corrected chi connectivity index (χ0v) is 12.6. The molecule has 2 N–H and O–H groups in total. The first-order valence-corrected chi connectivity index (χ1v) is 6.64. The number of nitrogens with one attached hydrogen (secondary N) is 2. The molecule has 0 aliphatic carbocycles. The van der Waals surface area contributed by atoms with Crippen molar-refractivity contribution in [2.75, 3.05) is 6.61 Å². The van der Waals surface area contributed by atoms with Gasteiger partial charge in [0, 0.05) is 6.04 Å². The van der Waals surface area contributed by atoms with Gasteiger partial charge in [-0.2, -0.15) is 0 Å². The number of amides is 3. The van der Waals surface area contributed by atoms with E-state index in [1.54, 1.807) is 26.0 Å². The second kappa shape index (κ2) is 7.42. The van der Waals surface area contributed by atoms with Gasteiger partial charge in [-0.25, -0.2) is 9.59 Å². The molecule has 0 heterocycles. The zero-order valence-electron chi connectivity index (χ0n) is 12.6. The molecule has 0 aromatic heterocycles. The van der Waals surface area contributed by atoms with Crippen LogP contribution in [-0.2, 0) is 9.53 Å². The summed E-state index contributed by atoms with van der Waals surface area (Å²) in [5, 5.41) is 4.57. The first kappa shape index (κ1) is 16.7. The quantitative estimate of drug-likeness (QED) is 0.827. The van der Waals surface area contributed by atoms with E-state index >= 15 is 0 Å². The Labute approximate surface area is 123 Å². The minimum atomic E-state index is -0.676. The van der Waals surface area contributed by atoms with E-state index in [-0.39, 0.29) is 6.04 Å². The molecule has 0 bridgehead atoms. The lowest BCUT2D eigenvalue weighted by Crippen LogP contribution is -2.44. The van der Waals surface area contributed by atoms with Gasteiger partial charge in [0.2, 0.25) is 0 Å². The highest BCUT2D eigenvalue weighted by Crippen LogP contribution is 2.10. The van der Waals surface area contributed by atoms with E-state index in [2.05, 4.69) is 10.6 Å². The number of esters is 1. The highest BCUT2D eigenvalue weighted by molar-refractivity contribution is 5.97. The fourth-order valence-electron chi connectivity index (χ4n) is 1.54. The lowest BCUT2D eigenvalue weighted by Gasteiger charge is -2.09. The van der Waals surface area contributed by atoms with Crippen molar-refractivity contribution in [2.45, 2.75) is 33.7 Å². The van der Waals surface area contributed by atoms with Crippen molar-refractivity contribution in [3.05, 3.63) is 34.9 Å². The van der Waals surface area contributed by atoms with Gasteiger partial charge in [-0.15, -0.1) is 0 Å². The Morgan fingerprint density at radius 2 is 1.81 bits per heavy atom. The van der Waals surface area contributed by atoms with E-state index in [0.717, 1.165) is 11.1 Å². The molecule has 6 heteroatoms. The van der Waals surface area contributed by atoms with E-state index in [4.69, 9.17) is 4.74 Å². The van der Waals surface area contributed by atoms with E-state index in [1.165, 1.54) is 0 Å². The Kier molecular flexibility index (Phi) is 5.90. The summed E-state index contributed by atoms with van der Waals surface area (Å²) < 4.78 is 4.86. The highest BCUT2D eigenvalue weighted by Gasteiger charge is 2.13. The predicted octanol–water partition coefficient (Wildman–Crippen LogP) is 1.69. The first-order valence-electron chi connectivity index (χ1n) is 6.64. The predicted molar refractivity (Wildman–Crippen MR) is 78.0 cm³/mol. The smallest absolute Gasteiger partial charge is 0.338 e. The minimum Gasteiger partial charge on any atom is -0.452 e. The summed E-state index contributed by atoms with van der Waals surface area (Å²) >= 11 is 0. The van der Waals surface area contributed by atoms with Crippen molar-refractivity contribution < 1.29 is 19.1 Å². The molecule has 0 spiro atoms. The summed E-state index contributed by atoms with van der Waals surface area (Å²) in [7, 11) is 0. The van der Waals surface area contributed by atoms with Crippen LogP contribution < -0.4 is 10.6 Å². The molecule has 0 aliphatic heterocycles. The van der Waals surface area contributed by atoms with Gasteiger partial charge in [0.05, 0.1) is 5.56 Å². The summed E-state index contributed by atoms with van der Waals surface area (Å²) in [5.41, 5.74) is 2.40. The van der Waals surface area contributed by atoms with Gasteiger partial charge in [-0.05, 0) is 51.0 Å².